The van der Waals surface area contributed by atoms with Crippen LogP contribution in [0.3, 0.4) is 0 Å². The monoisotopic (exact) mass is 229 g/mol. The molecule has 1 aliphatic rings. The Morgan fingerprint density at radius 2 is 2.06 bits per heavy atom. The molecule has 0 bridgehead atoms. The van der Waals surface area contributed by atoms with Crippen molar-refractivity contribution >= 4 is 0 Å². The lowest BCUT2D eigenvalue weighted by Gasteiger charge is -2.35. The van der Waals surface area contributed by atoms with E-state index < -0.39 is 0 Å². The van der Waals surface area contributed by atoms with Gasteiger partial charge in [-0.2, -0.15) is 5.26 Å². The Hall–Kier alpha value is -1.37. The molecule has 0 unspecified atom stereocenters. The molecule has 3 heteroatoms. The van der Waals surface area contributed by atoms with E-state index in [1.807, 2.05) is 24.3 Å². The summed E-state index contributed by atoms with van der Waals surface area (Å²) in [7, 11) is 0. The predicted molar refractivity (Wildman–Crippen MR) is 68.3 cm³/mol. The number of rotatable bonds is 3. The second-order valence-electron chi connectivity index (χ2n) is 4.66. The molecule has 17 heavy (non-hydrogen) atoms. The molecule has 1 aromatic carbocycles. The molecular weight excluding hydrogens is 210 g/mol. The molecule has 1 saturated heterocycles. The summed E-state index contributed by atoms with van der Waals surface area (Å²) < 4.78 is 0. The van der Waals surface area contributed by atoms with Gasteiger partial charge < -0.3 is 5.73 Å². The van der Waals surface area contributed by atoms with Gasteiger partial charge in [0.05, 0.1) is 11.6 Å². The normalized spacial score (nSPS) is 21.1. The van der Waals surface area contributed by atoms with Gasteiger partial charge in [-0.1, -0.05) is 18.6 Å². The molecule has 0 aromatic heterocycles. The van der Waals surface area contributed by atoms with Gasteiger partial charge in [0.25, 0.3) is 0 Å². The fourth-order valence-electron chi connectivity index (χ4n) is 2.45. The highest BCUT2D eigenvalue weighted by Gasteiger charge is 2.20. The SMILES string of the molecule is N#Cc1ccc(CN2CCCC[C@@H]2CN)cc1. The summed E-state index contributed by atoms with van der Waals surface area (Å²) in [5.41, 5.74) is 7.80. The maximum Gasteiger partial charge on any atom is 0.0991 e. The molecule has 0 spiro atoms. The maximum atomic E-state index is 8.75. The lowest BCUT2D eigenvalue weighted by molar-refractivity contribution is 0.145. The summed E-state index contributed by atoms with van der Waals surface area (Å²) in [6.07, 6.45) is 3.78. The zero-order valence-corrected chi connectivity index (χ0v) is 10.1. The highest BCUT2D eigenvalue weighted by atomic mass is 15.2. The number of hydrogen-bond acceptors (Lipinski definition) is 3. The third-order valence-corrected chi connectivity index (χ3v) is 3.49. The molecule has 90 valence electrons. The van der Waals surface area contributed by atoms with Crippen LogP contribution in [0.1, 0.15) is 30.4 Å². The van der Waals surface area contributed by atoms with Gasteiger partial charge in [0, 0.05) is 19.1 Å². The standard InChI is InChI=1S/C14H19N3/c15-9-12-4-6-13(7-5-12)11-17-8-2-1-3-14(17)10-16/h4-7,14H,1-3,8,10-11,16H2/t14-/m1/s1. The van der Waals surface area contributed by atoms with E-state index >= 15 is 0 Å². The highest BCUT2D eigenvalue weighted by molar-refractivity contribution is 5.31. The van der Waals surface area contributed by atoms with E-state index in [0.29, 0.717) is 6.04 Å². The van der Waals surface area contributed by atoms with Gasteiger partial charge in [0.2, 0.25) is 0 Å². The molecule has 2 N–H and O–H groups in total. The minimum Gasteiger partial charge on any atom is -0.329 e. The fourth-order valence-corrected chi connectivity index (χ4v) is 2.45. The van der Waals surface area contributed by atoms with Crippen LogP contribution in [0.5, 0.6) is 0 Å². The predicted octanol–water partition coefficient (Wildman–Crippen LogP) is 1.87. The van der Waals surface area contributed by atoms with Crippen molar-refractivity contribution in [2.75, 3.05) is 13.1 Å². The van der Waals surface area contributed by atoms with E-state index in [2.05, 4.69) is 11.0 Å². The third-order valence-electron chi connectivity index (χ3n) is 3.49. The average Bonchev–Trinajstić information content (AvgIpc) is 2.40. The van der Waals surface area contributed by atoms with Crippen molar-refractivity contribution in [2.45, 2.75) is 31.8 Å². The Bertz CT molecular complexity index is 391. The van der Waals surface area contributed by atoms with Gasteiger partial charge in [-0.15, -0.1) is 0 Å². The Morgan fingerprint density at radius 3 is 2.71 bits per heavy atom. The lowest BCUT2D eigenvalue weighted by Crippen LogP contribution is -2.43. The number of benzene rings is 1. The van der Waals surface area contributed by atoms with Crippen LogP contribution in [0.4, 0.5) is 0 Å². The first-order valence-electron chi connectivity index (χ1n) is 6.26. The first-order chi connectivity index (χ1) is 8.33. The Labute approximate surface area is 103 Å². The second-order valence-corrected chi connectivity index (χ2v) is 4.66. The highest BCUT2D eigenvalue weighted by Crippen LogP contribution is 2.19. The quantitative estimate of drug-likeness (QED) is 0.861. The summed E-state index contributed by atoms with van der Waals surface area (Å²) in [6.45, 7) is 2.84. The van der Waals surface area contributed by atoms with Crippen LogP contribution in [-0.2, 0) is 6.54 Å². The molecule has 1 aliphatic heterocycles. The Kier molecular flexibility index (Phi) is 4.13. The summed E-state index contributed by atoms with van der Waals surface area (Å²) in [4.78, 5) is 2.46. The third kappa shape index (κ3) is 3.06. The fraction of sp³-hybridized carbons (Fsp3) is 0.500. The number of nitrogens with two attached hydrogens (primary N) is 1. The lowest BCUT2D eigenvalue weighted by atomic mass is 10.0. The van der Waals surface area contributed by atoms with E-state index in [0.717, 1.165) is 25.2 Å². The van der Waals surface area contributed by atoms with Gasteiger partial charge in [0.1, 0.15) is 0 Å². The molecule has 1 aromatic rings. The van der Waals surface area contributed by atoms with Crippen molar-refractivity contribution in [2.24, 2.45) is 5.73 Å². The van der Waals surface area contributed by atoms with Crippen LogP contribution in [0, 0.1) is 11.3 Å². The summed E-state index contributed by atoms with van der Waals surface area (Å²) in [6, 6.07) is 10.5. The summed E-state index contributed by atoms with van der Waals surface area (Å²) >= 11 is 0. The average molecular weight is 229 g/mol. The molecule has 2 rings (SSSR count). The minimum absolute atomic E-state index is 0.527. The molecule has 1 fully saturated rings. The zero-order valence-electron chi connectivity index (χ0n) is 10.1. The second kappa shape index (κ2) is 5.81. The first kappa shape index (κ1) is 12.1. The van der Waals surface area contributed by atoms with E-state index in [1.165, 1.54) is 24.8 Å². The van der Waals surface area contributed by atoms with Crippen molar-refractivity contribution < 1.29 is 0 Å². The van der Waals surface area contributed by atoms with Crippen molar-refractivity contribution in [3.63, 3.8) is 0 Å². The number of piperidine rings is 1. The largest absolute Gasteiger partial charge is 0.329 e. The molecule has 0 aliphatic carbocycles. The molecule has 1 atom stereocenters. The number of hydrogen-bond donors (Lipinski definition) is 1. The number of nitriles is 1. The van der Waals surface area contributed by atoms with Crippen molar-refractivity contribution in [1.82, 2.24) is 4.90 Å². The number of nitrogens with zero attached hydrogens (tertiary/aromatic N) is 2. The first-order valence-corrected chi connectivity index (χ1v) is 6.26. The minimum atomic E-state index is 0.527. The molecular formula is C14H19N3. The number of likely N-dealkylation sites (tertiary alicyclic amines) is 1. The van der Waals surface area contributed by atoms with E-state index in [4.69, 9.17) is 11.0 Å². The van der Waals surface area contributed by atoms with Gasteiger partial charge in [-0.3, -0.25) is 4.90 Å². The van der Waals surface area contributed by atoms with Crippen LogP contribution in [0.15, 0.2) is 24.3 Å². The van der Waals surface area contributed by atoms with Gasteiger partial charge >= 0.3 is 0 Å². The summed E-state index contributed by atoms with van der Waals surface area (Å²) in [5.74, 6) is 0. The van der Waals surface area contributed by atoms with Gasteiger partial charge in [-0.25, -0.2) is 0 Å². The van der Waals surface area contributed by atoms with Gasteiger partial charge in [-0.05, 0) is 37.1 Å². The molecule has 3 nitrogen and oxygen atoms in total. The van der Waals surface area contributed by atoms with Crippen molar-refractivity contribution in [3.8, 4) is 6.07 Å². The van der Waals surface area contributed by atoms with Crippen molar-refractivity contribution in [1.29, 1.82) is 5.26 Å². The van der Waals surface area contributed by atoms with Crippen molar-refractivity contribution in [3.05, 3.63) is 35.4 Å². The van der Waals surface area contributed by atoms with Crippen LogP contribution in [0.25, 0.3) is 0 Å². The molecule has 0 radical (unpaired) electrons. The van der Waals surface area contributed by atoms with Crippen LogP contribution < -0.4 is 5.73 Å². The Morgan fingerprint density at radius 1 is 1.29 bits per heavy atom. The van der Waals surface area contributed by atoms with E-state index in [1.54, 1.807) is 0 Å². The van der Waals surface area contributed by atoms with E-state index in [-0.39, 0.29) is 0 Å². The zero-order chi connectivity index (χ0) is 12.1. The summed E-state index contributed by atoms with van der Waals surface area (Å²) in [5, 5.41) is 8.75. The van der Waals surface area contributed by atoms with Gasteiger partial charge in [0.15, 0.2) is 0 Å². The molecule has 0 saturated carbocycles. The molecule has 1 heterocycles. The maximum absolute atomic E-state index is 8.75. The van der Waals surface area contributed by atoms with E-state index in [9.17, 15) is 0 Å². The van der Waals surface area contributed by atoms with Crippen LogP contribution in [-0.4, -0.2) is 24.0 Å². The molecule has 0 amide bonds. The Balaban J connectivity index is 2.01. The van der Waals surface area contributed by atoms with Crippen LogP contribution in [0.2, 0.25) is 0 Å². The topological polar surface area (TPSA) is 53.0 Å². The smallest absolute Gasteiger partial charge is 0.0991 e. The van der Waals surface area contributed by atoms with Crippen LogP contribution >= 0.6 is 0 Å².